The van der Waals surface area contributed by atoms with Gasteiger partial charge in [0.1, 0.15) is 22.7 Å². The number of benzene rings is 2. The summed E-state index contributed by atoms with van der Waals surface area (Å²) in [7, 11) is 0. The minimum atomic E-state index is -1.31. The molecule has 0 heterocycles. The molecule has 0 spiro atoms. The second-order valence-corrected chi connectivity index (χ2v) is 17.1. The molecule has 0 amide bonds. The van der Waals surface area contributed by atoms with Gasteiger partial charge in [0.15, 0.2) is 0 Å². The summed E-state index contributed by atoms with van der Waals surface area (Å²) in [5, 5.41) is 22.2. The number of hydrogen-bond acceptors (Lipinski definition) is 6. The largest absolute Gasteiger partial charge is 2.00 e. The number of ether oxygens (including phenoxy) is 2. The maximum Gasteiger partial charge on any atom is 2.00 e. The molecule has 2 aromatic rings. The first-order valence-electron chi connectivity index (χ1n) is 22.9. The van der Waals surface area contributed by atoms with Crippen LogP contribution in [0.5, 0.6) is 11.5 Å². The van der Waals surface area contributed by atoms with Crippen molar-refractivity contribution in [3.63, 3.8) is 0 Å². The van der Waals surface area contributed by atoms with Gasteiger partial charge in [0.25, 0.3) is 0 Å². The van der Waals surface area contributed by atoms with E-state index >= 15 is 0 Å². The van der Waals surface area contributed by atoms with Gasteiger partial charge >= 0.3 is 37.7 Å². The number of carboxylic acid groups (broad SMARTS) is 2. The zero-order chi connectivity index (χ0) is 41.3. The van der Waals surface area contributed by atoms with E-state index in [-0.39, 0.29) is 37.7 Å². The molecule has 0 aliphatic carbocycles. The summed E-state index contributed by atoms with van der Waals surface area (Å²) in [4.78, 5) is 22.2. The van der Waals surface area contributed by atoms with E-state index < -0.39 is 23.1 Å². The Labute approximate surface area is 380 Å². The van der Waals surface area contributed by atoms with Gasteiger partial charge < -0.3 is 29.3 Å². The molecule has 7 heteroatoms. The fraction of sp³-hybridized carbons (Fsp3) is 0.720. The molecule has 2 rings (SSSR count). The summed E-state index contributed by atoms with van der Waals surface area (Å²) in [5.41, 5.74) is -0.216. The van der Waals surface area contributed by atoms with Crippen molar-refractivity contribution in [2.75, 3.05) is 0 Å². The topological polar surface area (TPSA) is 98.7 Å². The summed E-state index contributed by atoms with van der Waals surface area (Å²) in [6, 6.07) is 15.5. The monoisotopic (exact) mass is 819 g/mol. The summed E-state index contributed by atoms with van der Waals surface area (Å²) >= 11 is 0. The number of carboxylic acids is 2. The molecule has 0 bridgehead atoms. The van der Waals surface area contributed by atoms with Crippen LogP contribution in [-0.2, 0) is 22.4 Å². The summed E-state index contributed by atoms with van der Waals surface area (Å²) in [6.07, 6.45) is 37.3. The molecule has 0 unspecified atom stereocenters. The van der Waals surface area contributed by atoms with Crippen molar-refractivity contribution in [1.82, 2.24) is 0 Å². The van der Waals surface area contributed by atoms with E-state index in [1.165, 1.54) is 206 Å². The second-order valence-electron chi connectivity index (χ2n) is 17.1. The van der Waals surface area contributed by atoms with Crippen molar-refractivity contribution in [2.45, 2.75) is 233 Å². The summed E-state index contributed by atoms with van der Waals surface area (Å²) in [5.74, 6) is -1.20. The van der Waals surface area contributed by atoms with Crippen molar-refractivity contribution in [3.8, 4) is 11.5 Å². The maximum absolute atomic E-state index is 11.1. The fourth-order valence-electron chi connectivity index (χ4n) is 6.90. The minimum Gasteiger partial charge on any atom is -0.546 e. The Hall–Kier alpha value is -1.76. The predicted octanol–water partition coefficient (Wildman–Crippen LogP) is 12.1. The normalized spacial score (nSPS) is 11.3. The number of carbonyl (C=O) groups is 2. The Morgan fingerprint density at radius 2 is 0.684 bits per heavy atom. The molecule has 0 atom stereocenters. The van der Waals surface area contributed by atoms with Crippen LogP contribution in [0.2, 0.25) is 0 Å². The van der Waals surface area contributed by atoms with Crippen LogP contribution in [0, 0.1) is 0 Å². The van der Waals surface area contributed by atoms with Crippen LogP contribution in [-0.4, -0.2) is 60.9 Å². The molecule has 0 radical (unpaired) electrons. The number of aryl methyl sites for hydroxylation is 2. The average molecular weight is 819 g/mol. The van der Waals surface area contributed by atoms with Gasteiger partial charge in [0.05, 0.1) is 11.9 Å². The van der Waals surface area contributed by atoms with Crippen molar-refractivity contribution >= 4 is 49.7 Å². The first kappa shape index (κ1) is 55.2. The molecule has 0 saturated carbocycles. The third kappa shape index (κ3) is 30.0. The summed E-state index contributed by atoms with van der Waals surface area (Å²) < 4.78 is 11.1. The number of rotatable bonds is 34. The zero-order valence-electron chi connectivity index (χ0n) is 37.6. The quantitative estimate of drug-likeness (QED) is 0.0515. The van der Waals surface area contributed by atoms with E-state index in [2.05, 4.69) is 26.0 Å². The molecule has 0 fully saturated rings. The number of aliphatic carboxylic acids is 2. The number of unbranched alkanes of at least 4 members (excludes halogenated alkanes) is 24. The van der Waals surface area contributed by atoms with Crippen LogP contribution in [0.1, 0.15) is 220 Å². The Kier molecular flexibility index (Phi) is 34.0. The molecule has 6 nitrogen and oxygen atoms in total. The number of carbonyl (C=O) groups excluding carboxylic acids is 2. The van der Waals surface area contributed by atoms with Gasteiger partial charge in [-0.1, -0.05) is 192 Å². The molecule has 0 N–H and O–H groups in total. The second kappa shape index (κ2) is 35.0. The van der Waals surface area contributed by atoms with Gasteiger partial charge in [-0.3, -0.25) is 0 Å². The van der Waals surface area contributed by atoms with Crippen LogP contribution in [0.3, 0.4) is 0 Å². The van der Waals surface area contributed by atoms with Crippen molar-refractivity contribution in [1.29, 1.82) is 0 Å². The third-order valence-corrected chi connectivity index (χ3v) is 10.7. The summed E-state index contributed by atoms with van der Waals surface area (Å²) in [6.45, 7) is 10.6. The van der Waals surface area contributed by atoms with E-state index in [1.807, 2.05) is 24.3 Å². The SMILES string of the molecule is CCCCCCCCCCCCCCCc1cccc(OC(C)(C)C(=O)[O-])c1.CCCCCCCCCCCCCCCc1cccc(OC(C)(C)C(=O)[O-])c1.[Ca+2]. The van der Waals surface area contributed by atoms with Gasteiger partial charge in [-0.25, -0.2) is 0 Å². The van der Waals surface area contributed by atoms with Crippen LogP contribution in [0.25, 0.3) is 0 Å². The molecular weight excluding hydrogens is 737 g/mol. The average Bonchev–Trinajstić information content (AvgIpc) is 3.15. The molecule has 0 aliphatic rings. The molecule has 0 aliphatic heterocycles. The molecule has 320 valence electrons. The number of hydrogen-bond donors (Lipinski definition) is 0. The maximum atomic E-state index is 11.1. The minimum absolute atomic E-state index is 0. The van der Waals surface area contributed by atoms with E-state index in [4.69, 9.17) is 9.47 Å². The third-order valence-electron chi connectivity index (χ3n) is 10.7. The van der Waals surface area contributed by atoms with Crippen LogP contribution >= 0.6 is 0 Å². The Balaban J connectivity index is 0.00000108. The van der Waals surface area contributed by atoms with E-state index in [0.717, 1.165) is 12.8 Å². The molecule has 57 heavy (non-hydrogen) atoms. The first-order chi connectivity index (χ1) is 26.9. The van der Waals surface area contributed by atoms with E-state index in [9.17, 15) is 19.8 Å². The molecule has 0 aromatic heterocycles. The zero-order valence-corrected chi connectivity index (χ0v) is 39.8. The van der Waals surface area contributed by atoms with Crippen LogP contribution in [0.4, 0.5) is 0 Å². The molecule has 2 aromatic carbocycles. The van der Waals surface area contributed by atoms with Gasteiger partial charge in [0, 0.05) is 0 Å². The standard InChI is InChI=1S/2C25H42O3.Ca/c2*1-4-5-6-7-8-9-10-11-12-13-14-15-16-18-22-19-17-20-23(21-22)28-25(2,3)24(26)27;/h2*17,19-21H,4-16,18H2,1-3H3,(H,26,27);/q;;+2/p-2. The predicted molar refractivity (Wildman–Crippen MR) is 237 cm³/mol. The van der Waals surface area contributed by atoms with Crippen molar-refractivity contribution in [3.05, 3.63) is 59.7 Å². The van der Waals surface area contributed by atoms with Crippen molar-refractivity contribution < 1.29 is 29.3 Å². The molecule has 0 saturated heterocycles. The van der Waals surface area contributed by atoms with E-state index in [1.54, 1.807) is 12.1 Å². The van der Waals surface area contributed by atoms with Gasteiger partial charge in [-0.05, 0) is 88.8 Å². The first-order valence-corrected chi connectivity index (χ1v) is 22.9. The van der Waals surface area contributed by atoms with Gasteiger partial charge in [-0.2, -0.15) is 0 Å². The smallest absolute Gasteiger partial charge is 0.546 e. The Morgan fingerprint density at radius 1 is 0.439 bits per heavy atom. The Bertz CT molecular complexity index is 1180. The Morgan fingerprint density at radius 3 is 0.930 bits per heavy atom. The van der Waals surface area contributed by atoms with Crippen LogP contribution < -0.4 is 19.7 Å². The van der Waals surface area contributed by atoms with Crippen LogP contribution in [0.15, 0.2) is 48.5 Å². The fourth-order valence-corrected chi connectivity index (χ4v) is 6.90. The van der Waals surface area contributed by atoms with Crippen molar-refractivity contribution in [2.24, 2.45) is 0 Å². The van der Waals surface area contributed by atoms with Gasteiger partial charge in [-0.15, -0.1) is 0 Å². The molecular formula is C50H82CaO6. The van der Waals surface area contributed by atoms with E-state index in [0.29, 0.717) is 11.5 Å². The van der Waals surface area contributed by atoms with Gasteiger partial charge in [0.2, 0.25) is 0 Å².